The lowest BCUT2D eigenvalue weighted by atomic mass is 10.3. The Morgan fingerprint density at radius 2 is 2.27 bits per heavy atom. The molecular formula is C11H16BrNOS. The van der Waals surface area contributed by atoms with Gasteiger partial charge in [0.25, 0.3) is 0 Å². The summed E-state index contributed by atoms with van der Waals surface area (Å²) in [5.74, 6) is 3.07. The molecule has 0 atom stereocenters. The number of alkyl halides is 1. The van der Waals surface area contributed by atoms with Crippen LogP contribution in [0.15, 0.2) is 12.1 Å². The lowest BCUT2D eigenvalue weighted by molar-refractivity contribution is 0.339. The minimum absolute atomic E-state index is 0.741. The van der Waals surface area contributed by atoms with E-state index in [4.69, 9.17) is 4.74 Å². The highest BCUT2D eigenvalue weighted by molar-refractivity contribution is 9.08. The van der Waals surface area contributed by atoms with E-state index in [0.717, 1.165) is 40.6 Å². The smallest absolute Gasteiger partial charge is 0.141 e. The Morgan fingerprint density at radius 1 is 1.47 bits per heavy atom. The van der Waals surface area contributed by atoms with Gasteiger partial charge in [-0.3, -0.25) is 4.98 Å². The van der Waals surface area contributed by atoms with Crippen LogP contribution in [0.4, 0.5) is 0 Å². The van der Waals surface area contributed by atoms with E-state index >= 15 is 0 Å². The van der Waals surface area contributed by atoms with Crippen molar-refractivity contribution >= 4 is 27.7 Å². The molecule has 0 saturated heterocycles. The molecule has 0 N–H and O–H groups in total. The number of thioether (sulfide) groups is 1. The lowest BCUT2D eigenvalue weighted by Crippen LogP contribution is -2.03. The van der Waals surface area contributed by atoms with Gasteiger partial charge in [-0.1, -0.05) is 22.9 Å². The molecule has 1 aromatic heterocycles. The van der Waals surface area contributed by atoms with Crippen LogP contribution in [0.5, 0.6) is 5.75 Å². The minimum Gasteiger partial charge on any atom is -0.491 e. The van der Waals surface area contributed by atoms with Crippen LogP contribution in [0.2, 0.25) is 0 Å². The van der Waals surface area contributed by atoms with Crippen molar-refractivity contribution in [1.82, 2.24) is 4.98 Å². The minimum atomic E-state index is 0.741. The maximum absolute atomic E-state index is 5.67. The fourth-order valence-corrected chi connectivity index (χ4v) is 2.07. The summed E-state index contributed by atoms with van der Waals surface area (Å²) < 4.78 is 5.67. The number of aromatic nitrogens is 1. The van der Waals surface area contributed by atoms with Crippen LogP contribution in [0.3, 0.4) is 0 Å². The van der Waals surface area contributed by atoms with Crippen LogP contribution in [-0.2, 0) is 5.33 Å². The third kappa shape index (κ3) is 4.43. The molecule has 0 aliphatic heterocycles. The van der Waals surface area contributed by atoms with Crippen molar-refractivity contribution in [3.05, 3.63) is 23.5 Å². The number of halogens is 1. The predicted octanol–water partition coefficient (Wildman–Crippen LogP) is 3.42. The molecule has 1 heterocycles. The Labute approximate surface area is 104 Å². The number of aryl methyl sites for hydroxylation is 1. The maximum Gasteiger partial charge on any atom is 0.141 e. The number of ether oxygens (including phenoxy) is 1. The van der Waals surface area contributed by atoms with E-state index < -0.39 is 0 Å². The molecule has 84 valence electrons. The van der Waals surface area contributed by atoms with E-state index in [1.54, 1.807) is 0 Å². The van der Waals surface area contributed by atoms with Crippen molar-refractivity contribution in [3.8, 4) is 5.75 Å². The Hall–Kier alpha value is -0.220. The van der Waals surface area contributed by atoms with Crippen molar-refractivity contribution in [1.29, 1.82) is 0 Å². The van der Waals surface area contributed by atoms with E-state index in [0.29, 0.717) is 0 Å². The normalized spacial score (nSPS) is 10.3. The van der Waals surface area contributed by atoms with E-state index in [2.05, 4.69) is 27.8 Å². The first kappa shape index (κ1) is 12.8. The molecule has 0 aromatic carbocycles. The van der Waals surface area contributed by atoms with Gasteiger partial charge in [-0.2, -0.15) is 11.8 Å². The van der Waals surface area contributed by atoms with Gasteiger partial charge in [0.05, 0.1) is 12.3 Å². The van der Waals surface area contributed by atoms with Crippen molar-refractivity contribution in [2.75, 3.05) is 18.1 Å². The average Bonchev–Trinajstić information content (AvgIpc) is 2.26. The van der Waals surface area contributed by atoms with Crippen LogP contribution >= 0.6 is 27.7 Å². The zero-order chi connectivity index (χ0) is 11.1. The van der Waals surface area contributed by atoms with Gasteiger partial charge < -0.3 is 4.74 Å². The molecule has 0 unspecified atom stereocenters. The molecule has 1 aromatic rings. The SMILES string of the molecule is CCSCCOc1ccc(C)nc1CBr. The van der Waals surface area contributed by atoms with Gasteiger partial charge in [-0.05, 0) is 24.8 Å². The van der Waals surface area contributed by atoms with Gasteiger partial charge in [0.2, 0.25) is 0 Å². The highest BCUT2D eigenvalue weighted by Gasteiger charge is 2.03. The molecule has 0 fully saturated rings. The monoisotopic (exact) mass is 289 g/mol. The van der Waals surface area contributed by atoms with Crippen LogP contribution < -0.4 is 4.74 Å². The van der Waals surface area contributed by atoms with Crippen LogP contribution in [0, 0.1) is 6.92 Å². The Bertz CT molecular complexity index is 307. The van der Waals surface area contributed by atoms with Gasteiger partial charge in [-0.15, -0.1) is 0 Å². The quantitative estimate of drug-likeness (QED) is 0.592. The van der Waals surface area contributed by atoms with Gasteiger partial charge in [0.15, 0.2) is 0 Å². The summed E-state index contributed by atoms with van der Waals surface area (Å²) in [6, 6.07) is 3.98. The zero-order valence-electron chi connectivity index (χ0n) is 9.12. The van der Waals surface area contributed by atoms with E-state index in [9.17, 15) is 0 Å². The summed E-state index contributed by atoms with van der Waals surface area (Å²) in [7, 11) is 0. The summed E-state index contributed by atoms with van der Waals surface area (Å²) in [5, 5.41) is 0.741. The van der Waals surface area contributed by atoms with E-state index in [1.807, 2.05) is 30.8 Å². The molecule has 0 amide bonds. The first-order valence-corrected chi connectivity index (χ1v) is 7.28. The third-order valence-corrected chi connectivity index (χ3v) is 3.28. The zero-order valence-corrected chi connectivity index (χ0v) is 11.5. The molecule has 0 bridgehead atoms. The van der Waals surface area contributed by atoms with Crippen LogP contribution in [-0.4, -0.2) is 23.1 Å². The van der Waals surface area contributed by atoms with E-state index in [-0.39, 0.29) is 0 Å². The second kappa shape index (κ2) is 7.12. The molecular weight excluding hydrogens is 274 g/mol. The third-order valence-electron chi connectivity index (χ3n) is 1.89. The van der Waals surface area contributed by atoms with Crippen LogP contribution in [0.25, 0.3) is 0 Å². The summed E-state index contributed by atoms with van der Waals surface area (Å²) in [6.45, 7) is 4.90. The molecule has 15 heavy (non-hydrogen) atoms. The summed E-state index contributed by atoms with van der Waals surface area (Å²) in [4.78, 5) is 4.41. The second-order valence-corrected chi connectivity index (χ2v) is 5.03. The summed E-state index contributed by atoms with van der Waals surface area (Å²) >= 11 is 5.30. The number of hydrogen-bond donors (Lipinski definition) is 0. The van der Waals surface area contributed by atoms with Crippen molar-refractivity contribution in [2.45, 2.75) is 19.2 Å². The summed E-state index contributed by atoms with van der Waals surface area (Å²) in [5.41, 5.74) is 2.01. The van der Waals surface area contributed by atoms with Gasteiger partial charge in [-0.25, -0.2) is 0 Å². The highest BCUT2D eigenvalue weighted by atomic mass is 79.9. The van der Waals surface area contributed by atoms with Crippen LogP contribution in [0.1, 0.15) is 18.3 Å². The lowest BCUT2D eigenvalue weighted by Gasteiger charge is -2.09. The Balaban J connectivity index is 2.52. The first-order valence-electron chi connectivity index (χ1n) is 5.01. The maximum atomic E-state index is 5.67. The Morgan fingerprint density at radius 3 is 2.93 bits per heavy atom. The fraction of sp³-hybridized carbons (Fsp3) is 0.545. The largest absolute Gasteiger partial charge is 0.491 e. The topological polar surface area (TPSA) is 22.1 Å². The number of hydrogen-bond acceptors (Lipinski definition) is 3. The van der Waals surface area contributed by atoms with Crippen molar-refractivity contribution < 1.29 is 4.74 Å². The fourth-order valence-electron chi connectivity index (χ4n) is 1.18. The van der Waals surface area contributed by atoms with Gasteiger partial charge >= 0.3 is 0 Å². The molecule has 2 nitrogen and oxygen atoms in total. The Kier molecular flexibility index (Phi) is 6.10. The molecule has 0 saturated carbocycles. The van der Waals surface area contributed by atoms with Gasteiger partial charge in [0.1, 0.15) is 5.75 Å². The van der Waals surface area contributed by atoms with E-state index in [1.165, 1.54) is 0 Å². The van der Waals surface area contributed by atoms with Crippen molar-refractivity contribution in [3.63, 3.8) is 0 Å². The number of pyridine rings is 1. The van der Waals surface area contributed by atoms with Gasteiger partial charge in [0, 0.05) is 16.8 Å². The molecule has 1 rings (SSSR count). The number of nitrogens with zero attached hydrogens (tertiary/aromatic N) is 1. The molecule has 4 heteroatoms. The van der Waals surface area contributed by atoms with Crippen molar-refractivity contribution in [2.24, 2.45) is 0 Å². The standard InChI is InChI=1S/C11H16BrNOS/c1-3-15-7-6-14-11-5-4-9(2)13-10(11)8-12/h4-5H,3,6-8H2,1-2H3. The second-order valence-electron chi connectivity index (χ2n) is 3.08. The molecule has 0 aliphatic rings. The molecule has 0 spiro atoms. The number of rotatable bonds is 6. The summed E-state index contributed by atoms with van der Waals surface area (Å²) in [6.07, 6.45) is 0. The average molecular weight is 290 g/mol. The highest BCUT2D eigenvalue weighted by Crippen LogP contribution is 2.19. The first-order chi connectivity index (χ1) is 7.27. The predicted molar refractivity (Wildman–Crippen MR) is 70.1 cm³/mol. The molecule has 0 aliphatic carbocycles. The molecule has 0 radical (unpaired) electrons.